The lowest BCUT2D eigenvalue weighted by molar-refractivity contribution is -0.274. The van der Waals surface area contributed by atoms with Crippen molar-refractivity contribution in [3.63, 3.8) is 0 Å². The Labute approximate surface area is 179 Å². The van der Waals surface area contributed by atoms with Gasteiger partial charge in [-0.3, -0.25) is 9.89 Å². The second-order valence-corrected chi connectivity index (χ2v) is 8.56. The standard InChI is InChI=1S/C21H17ClF3N3O3/c22-11-5-16(15-9-26-28-17(15)6-11)20(30)7-13-14(8-20)18(13)27-19(29)10-2-1-3-12(4-10)31-21(23,24)25/h1-6,9,13-14,18,30H,7-8H2,(H,26,28)(H,27,29)/t13-,14+,18?,20?. The molecular formula is C21H17ClF3N3O3. The molecule has 1 amide bonds. The van der Waals surface area contributed by atoms with E-state index in [0.29, 0.717) is 23.4 Å². The fourth-order valence-corrected chi connectivity index (χ4v) is 4.99. The molecule has 31 heavy (non-hydrogen) atoms. The van der Waals surface area contributed by atoms with Crippen LogP contribution >= 0.6 is 11.6 Å². The Balaban J connectivity index is 1.27. The third kappa shape index (κ3) is 3.72. The maximum atomic E-state index is 12.5. The molecule has 162 valence electrons. The Morgan fingerprint density at radius 2 is 2.00 bits per heavy atom. The number of hydrogen-bond acceptors (Lipinski definition) is 4. The van der Waals surface area contributed by atoms with Gasteiger partial charge < -0.3 is 15.2 Å². The average molecular weight is 452 g/mol. The lowest BCUT2D eigenvalue weighted by atomic mass is 9.86. The molecule has 0 saturated heterocycles. The smallest absolute Gasteiger partial charge is 0.406 e. The predicted octanol–water partition coefficient (Wildman–Crippen LogP) is 4.14. The first-order valence-electron chi connectivity index (χ1n) is 9.65. The van der Waals surface area contributed by atoms with Crippen molar-refractivity contribution >= 4 is 28.4 Å². The van der Waals surface area contributed by atoms with E-state index in [-0.39, 0.29) is 23.4 Å². The number of aliphatic hydroxyl groups is 1. The molecule has 0 aliphatic heterocycles. The minimum Gasteiger partial charge on any atom is -0.406 e. The van der Waals surface area contributed by atoms with Gasteiger partial charge in [-0.05, 0) is 60.6 Å². The van der Waals surface area contributed by atoms with Gasteiger partial charge in [0.1, 0.15) is 5.75 Å². The van der Waals surface area contributed by atoms with Crippen molar-refractivity contribution in [1.29, 1.82) is 0 Å². The summed E-state index contributed by atoms with van der Waals surface area (Å²) < 4.78 is 41.1. The number of aromatic nitrogens is 2. The number of H-pyrrole nitrogens is 1. The van der Waals surface area contributed by atoms with Gasteiger partial charge in [-0.2, -0.15) is 5.10 Å². The highest BCUT2D eigenvalue weighted by Crippen LogP contribution is 2.60. The average Bonchev–Trinajstić information content (AvgIpc) is 3.04. The van der Waals surface area contributed by atoms with Crippen LogP contribution in [0.3, 0.4) is 0 Å². The minimum absolute atomic E-state index is 0.0736. The lowest BCUT2D eigenvalue weighted by Gasteiger charge is -2.27. The van der Waals surface area contributed by atoms with Crippen LogP contribution in [0.15, 0.2) is 42.6 Å². The maximum absolute atomic E-state index is 12.5. The van der Waals surface area contributed by atoms with Gasteiger partial charge in [0, 0.05) is 22.0 Å². The summed E-state index contributed by atoms with van der Waals surface area (Å²) >= 11 is 6.19. The summed E-state index contributed by atoms with van der Waals surface area (Å²) in [5, 5.41) is 22.3. The molecule has 3 N–H and O–H groups in total. The zero-order valence-corrected chi connectivity index (χ0v) is 16.7. The monoisotopic (exact) mass is 451 g/mol. The van der Waals surface area contributed by atoms with E-state index in [4.69, 9.17) is 11.6 Å². The number of carbonyl (C=O) groups is 1. The molecule has 4 atom stereocenters. The summed E-state index contributed by atoms with van der Waals surface area (Å²) in [4.78, 5) is 12.5. The first-order valence-corrected chi connectivity index (χ1v) is 10.0. The number of nitrogens with one attached hydrogen (secondary N) is 2. The number of halogens is 4. The van der Waals surface area contributed by atoms with E-state index in [1.54, 1.807) is 18.3 Å². The number of benzene rings is 2. The number of rotatable bonds is 4. The fourth-order valence-electron chi connectivity index (χ4n) is 4.77. The summed E-state index contributed by atoms with van der Waals surface area (Å²) in [6, 6.07) is 8.29. The van der Waals surface area contributed by atoms with Gasteiger partial charge in [0.15, 0.2) is 0 Å². The Bertz CT molecular complexity index is 1170. The number of fused-ring (bicyclic) bond motifs is 2. The first kappa shape index (κ1) is 20.1. The normalized spacial score (nSPS) is 27.2. The van der Waals surface area contributed by atoms with Crippen molar-refractivity contribution in [1.82, 2.24) is 15.5 Å². The molecule has 6 nitrogen and oxygen atoms in total. The van der Waals surface area contributed by atoms with Crippen LogP contribution in [-0.4, -0.2) is 33.6 Å². The number of aromatic amines is 1. The van der Waals surface area contributed by atoms with Gasteiger partial charge in [-0.25, -0.2) is 0 Å². The number of alkyl halides is 3. The van der Waals surface area contributed by atoms with Crippen molar-refractivity contribution in [3.05, 3.63) is 58.7 Å². The second-order valence-electron chi connectivity index (χ2n) is 8.13. The van der Waals surface area contributed by atoms with E-state index in [9.17, 15) is 23.1 Å². The van der Waals surface area contributed by atoms with Crippen molar-refractivity contribution in [2.24, 2.45) is 11.8 Å². The summed E-state index contributed by atoms with van der Waals surface area (Å²) in [7, 11) is 0. The third-order valence-corrected chi connectivity index (χ3v) is 6.35. The number of nitrogens with zero attached hydrogens (tertiary/aromatic N) is 1. The molecule has 2 aromatic carbocycles. The van der Waals surface area contributed by atoms with Crippen LogP contribution in [0.4, 0.5) is 13.2 Å². The SMILES string of the molecule is O=C(NC1[C@H]2CC(O)(c3cc(Cl)cc4[nH]ncc34)C[C@@H]12)c1cccc(OC(F)(F)F)c1. The number of amides is 1. The molecule has 2 saturated carbocycles. The fraction of sp³-hybridized carbons (Fsp3) is 0.333. The van der Waals surface area contributed by atoms with Crippen LogP contribution in [0.1, 0.15) is 28.8 Å². The quantitative estimate of drug-likeness (QED) is 0.556. The minimum atomic E-state index is -4.83. The highest BCUT2D eigenvalue weighted by Gasteiger charge is 2.62. The second kappa shape index (κ2) is 6.86. The van der Waals surface area contributed by atoms with E-state index < -0.39 is 23.6 Å². The summed E-state index contributed by atoms with van der Waals surface area (Å²) in [6.07, 6.45) is -2.28. The molecule has 0 bridgehead atoms. The highest BCUT2D eigenvalue weighted by atomic mass is 35.5. The number of ether oxygens (including phenoxy) is 1. The largest absolute Gasteiger partial charge is 0.573 e. The van der Waals surface area contributed by atoms with E-state index in [1.807, 2.05) is 0 Å². The van der Waals surface area contributed by atoms with Gasteiger partial charge >= 0.3 is 6.36 Å². The Morgan fingerprint density at radius 3 is 2.71 bits per heavy atom. The van der Waals surface area contributed by atoms with Crippen LogP contribution in [0.2, 0.25) is 5.02 Å². The maximum Gasteiger partial charge on any atom is 0.573 e. The summed E-state index contributed by atoms with van der Waals surface area (Å²) in [6.45, 7) is 0. The topological polar surface area (TPSA) is 87.2 Å². The molecule has 2 fully saturated rings. The van der Waals surface area contributed by atoms with E-state index in [2.05, 4.69) is 20.3 Å². The van der Waals surface area contributed by atoms with Crippen molar-refractivity contribution in [2.45, 2.75) is 30.8 Å². The van der Waals surface area contributed by atoms with Crippen LogP contribution in [0, 0.1) is 11.8 Å². The van der Waals surface area contributed by atoms with Crippen LogP contribution in [0.25, 0.3) is 10.9 Å². The molecule has 3 aromatic rings. The highest BCUT2D eigenvalue weighted by molar-refractivity contribution is 6.31. The molecule has 5 rings (SSSR count). The molecule has 2 unspecified atom stereocenters. The van der Waals surface area contributed by atoms with Gasteiger partial charge in [-0.15, -0.1) is 13.2 Å². The van der Waals surface area contributed by atoms with Crippen molar-refractivity contribution in [2.75, 3.05) is 0 Å². The van der Waals surface area contributed by atoms with Gasteiger partial charge in [-0.1, -0.05) is 17.7 Å². The van der Waals surface area contributed by atoms with Crippen LogP contribution in [-0.2, 0) is 5.60 Å². The van der Waals surface area contributed by atoms with Crippen molar-refractivity contribution < 1.29 is 27.8 Å². The molecule has 0 spiro atoms. The van der Waals surface area contributed by atoms with E-state index in [0.717, 1.165) is 23.0 Å². The van der Waals surface area contributed by atoms with Gasteiger partial charge in [0.2, 0.25) is 0 Å². The third-order valence-electron chi connectivity index (χ3n) is 6.13. The Morgan fingerprint density at radius 1 is 1.26 bits per heavy atom. The number of hydrogen-bond donors (Lipinski definition) is 3. The lowest BCUT2D eigenvalue weighted by Crippen LogP contribution is -2.33. The summed E-state index contributed by atoms with van der Waals surface area (Å²) in [5.41, 5.74) is 0.446. The molecule has 2 aliphatic carbocycles. The molecule has 0 radical (unpaired) electrons. The van der Waals surface area contributed by atoms with E-state index in [1.165, 1.54) is 12.1 Å². The van der Waals surface area contributed by atoms with E-state index >= 15 is 0 Å². The molecule has 1 aromatic heterocycles. The molecule has 2 aliphatic rings. The van der Waals surface area contributed by atoms with Gasteiger partial charge in [0.05, 0.1) is 17.3 Å². The van der Waals surface area contributed by atoms with Crippen LogP contribution < -0.4 is 10.1 Å². The first-order chi connectivity index (χ1) is 14.6. The zero-order valence-electron chi connectivity index (χ0n) is 15.9. The Kier molecular flexibility index (Phi) is 4.46. The molecule has 10 heteroatoms. The summed E-state index contributed by atoms with van der Waals surface area (Å²) in [5.74, 6) is -0.778. The van der Waals surface area contributed by atoms with Crippen molar-refractivity contribution in [3.8, 4) is 5.75 Å². The number of carbonyl (C=O) groups excluding carboxylic acids is 1. The molecular weight excluding hydrogens is 435 g/mol. The Hall–Kier alpha value is -2.78. The van der Waals surface area contributed by atoms with Gasteiger partial charge in [0.25, 0.3) is 5.91 Å². The molecule has 1 heterocycles. The zero-order chi connectivity index (χ0) is 22.0. The predicted molar refractivity (Wildman–Crippen MR) is 106 cm³/mol. The van der Waals surface area contributed by atoms with Crippen LogP contribution in [0.5, 0.6) is 5.75 Å².